The van der Waals surface area contributed by atoms with Crippen LogP contribution in [0.4, 0.5) is 0 Å². The van der Waals surface area contributed by atoms with Crippen LogP contribution in [-0.2, 0) is 4.79 Å². The molecule has 0 unspecified atom stereocenters. The largest absolute Gasteiger partial charge is 0.295 e. The van der Waals surface area contributed by atoms with Crippen LogP contribution in [0.25, 0.3) is 0 Å². The summed E-state index contributed by atoms with van der Waals surface area (Å²) in [6, 6.07) is 0. The minimum atomic E-state index is 0.285. The molecule has 2 rings (SSSR count). The van der Waals surface area contributed by atoms with Crippen molar-refractivity contribution in [2.24, 2.45) is 0 Å². The second-order valence-electron chi connectivity index (χ2n) is 4.74. The van der Waals surface area contributed by atoms with Crippen LogP contribution in [0.1, 0.15) is 32.6 Å². The molecule has 3 heteroatoms. The van der Waals surface area contributed by atoms with Gasteiger partial charge in [-0.2, -0.15) is 0 Å². The first kappa shape index (κ1) is 13.6. The van der Waals surface area contributed by atoms with E-state index in [2.05, 4.69) is 29.2 Å². The SMILES string of the molecule is CCC(=O)SC1=CCN(CC2=CCCC=C2)CC1. The highest BCUT2D eigenvalue weighted by Gasteiger charge is 2.14. The molecule has 0 saturated carbocycles. The first-order valence-corrected chi connectivity index (χ1v) is 7.57. The minimum absolute atomic E-state index is 0.285. The summed E-state index contributed by atoms with van der Waals surface area (Å²) in [6.45, 7) is 5.02. The molecule has 0 aromatic carbocycles. The molecule has 0 atom stereocenters. The number of hydrogen-bond donors (Lipinski definition) is 0. The topological polar surface area (TPSA) is 20.3 Å². The van der Waals surface area contributed by atoms with Crippen LogP contribution in [0, 0.1) is 0 Å². The fourth-order valence-corrected chi connectivity index (χ4v) is 2.98. The molecule has 2 nitrogen and oxygen atoms in total. The fraction of sp³-hybridized carbons (Fsp3) is 0.533. The highest BCUT2D eigenvalue weighted by Crippen LogP contribution is 2.25. The van der Waals surface area contributed by atoms with E-state index in [1.165, 1.54) is 35.1 Å². The molecule has 0 aromatic heterocycles. The summed E-state index contributed by atoms with van der Waals surface area (Å²) >= 11 is 1.44. The van der Waals surface area contributed by atoms with E-state index in [4.69, 9.17) is 0 Å². The van der Waals surface area contributed by atoms with E-state index in [0.29, 0.717) is 6.42 Å². The number of allylic oxidation sites excluding steroid dienone is 2. The standard InChI is InChI=1S/C15H21NOS/c1-2-15(17)18-14-8-10-16(11-9-14)12-13-6-4-3-5-7-13/h4,6-8H,2-3,5,9-12H2,1H3. The molecule has 0 N–H and O–H groups in total. The molecule has 98 valence electrons. The Morgan fingerprint density at radius 3 is 2.89 bits per heavy atom. The van der Waals surface area contributed by atoms with Gasteiger partial charge in [0.2, 0.25) is 0 Å². The fourth-order valence-electron chi connectivity index (χ4n) is 2.19. The molecule has 0 aromatic rings. The summed E-state index contributed by atoms with van der Waals surface area (Å²) in [5.74, 6) is 0. The van der Waals surface area contributed by atoms with E-state index < -0.39 is 0 Å². The lowest BCUT2D eigenvalue weighted by molar-refractivity contribution is -0.110. The normalized spacial score (nSPS) is 20.5. The van der Waals surface area contributed by atoms with Gasteiger partial charge in [0.25, 0.3) is 0 Å². The third kappa shape index (κ3) is 4.14. The van der Waals surface area contributed by atoms with Gasteiger partial charge in [0.05, 0.1) is 0 Å². The van der Waals surface area contributed by atoms with E-state index in [9.17, 15) is 4.79 Å². The third-order valence-corrected chi connectivity index (χ3v) is 4.41. The summed E-state index contributed by atoms with van der Waals surface area (Å²) in [5.41, 5.74) is 1.44. The highest BCUT2D eigenvalue weighted by molar-refractivity contribution is 8.16. The van der Waals surface area contributed by atoms with Crippen molar-refractivity contribution in [1.29, 1.82) is 0 Å². The van der Waals surface area contributed by atoms with Crippen molar-refractivity contribution < 1.29 is 4.79 Å². The molecular weight excluding hydrogens is 242 g/mol. The van der Waals surface area contributed by atoms with Crippen molar-refractivity contribution in [3.05, 3.63) is 34.8 Å². The number of nitrogens with zero attached hydrogens (tertiary/aromatic N) is 1. The van der Waals surface area contributed by atoms with Gasteiger partial charge in [-0.1, -0.05) is 43.0 Å². The zero-order valence-corrected chi connectivity index (χ0v) is 11.8. The smallest absolute Gasteiger partial charge is 0.193 e. The first-order valence-electron chi connectivity index (χ1n) is 6.75. The van der Waals surface area contributed by atoms with Crippen LogP contribution in [0.3, 0.4) is 0 Å². The van der Waals surface area contributed by atoms with E-state index in [1.54, 1.807) is 0 Å². The molecule has 1 heterocycles. The van der Waals surface area contributed by atoms with Gasteiger partial charge in [-0.05, 0) is 29.7 Å². The third-order valence-electron chi connectivity index (χ3n) is 3.26. The Morgan fingerprint density at radius 2 is 2.28 bits per heavy atom. The molecule has 0 fully saturated rings. The lowest BCUT2D eigenvalue weighted by atomic mass is 10.1. The second-order valence-corrected chi connectivity index (χ2v) is 5.93. The number of carbonyl (C=O) groups excluding carboxylic acids is 1. The van der Waals surface area contributed by atoms with Gasteiger partial charge >= 0.3 is 0 Å². The highest BCUT2D eigenvalue weighted by atomic mass is 32.2. The van der Waals surface area contributed by atoms with E-state index in [0.717, 1.165) is 26.1 Å². The maximum Gasteiger partial charge on any atom is 0.193 e. The van der Waals surface area contributed by atoms with Crippen molar-refractivity contribution in [3.63, 3.8) is 0 Å². The summed E-state index contributed by atoms with van der Waals surface area (Å²) in [6.07, 6.45) is 13.1. The van der Waals surface area contributed by atoms with Crippen molar-refractivity contribution in [1.82, 2.24) is 4.90 Å². The first-order chi connectivity index (χ1) is 8.78. The molecule has 0 spiro atoms. The monoisotopic (exact) mass is 263 g/mol. The molecule has 0 saturated heterocycles. The zero-order chi connectivity index (χ0) is 12.8. The molecule has 0 amide bonds. The van der Waals surface area contributed by atoms with Crippen molar-refractivity contribution in [2.75, 3.05) is 19.6 Å². The summed E-state index contributed by atoms with van der Waals surface area (Å²) in [5, 5.41) is 0.285. The van der Waals surface area contributed by atoms with Gasteiger partial charge in [-0.3, -0.25) is 9.69 Å². The summed E-state index contributed by atoms with van der Waals surface area (Å²) in [4.78, 5) is 15.1. The maximum absolute atomic E-state index is 11.4. The number of thioether (sulfide) groups is 1. The van der Waals surface area contributed by atoms with Crippen molar-refractivity contribution in [3.8, 4) is 0 Å². The van der Waals surface area contributed by atoms with Gasteiger partial charge in [0.15, 0.2) is 5.12 Å². The van der Waals surface area contributed by atoms with Gasteiger partial charge in [0.1, 0.15) is 0 Å². The molecular formula is C15H21NOS. The van der Waals surface area contributed by atoms with E-state index in [-0.39, 0.29) is 5.12 Å². The van der Waals surface area contributed by atoms with Gasteiger partial charge in [0, 0.05) is 26.1 Å². The van der Waals surface area contributed by atoms with Crippen LogP contribution >= 0.6 is 11.8 Å². The van der Waals surface area contributed by atoms with Crippen LogP contribution in [0.5, 0.6) is 0 Å². The Morgan fingerprint density at radius 1 is 1.39 bits per heavy atom. The predicted molar refractivity (Wildman–Crippen MR) is 78.5 cm³/mol. The van der Waals surface area contributed by atoms with Gasteiger partial charge < -0.3 is 0 Å². The number of carbonyl (C=O) groups is 1. The maximum atomic E-state index is 11.4. The number of hydrogen-bond acceptors (Lipinski definition) is 3. The van der Waals surface area contributed by atoms with E-state index in [1.807, 2.05) is 6.92 Å². The molecule has 0 bridgehead atoms. The van der Waals surface area contributed by atoms with Crippen LogP contribution in [0.15, 0.2) is 34.8 Å². The minimum Gasteiger partial charge on any atom is -0.295 e. The Bertz CT molecular complexity index is 395. The lowest BCUT2D eigenvalue weighted by Crippen LogP contribution is -2.30. The van der Waals surface area contributed by atoms with Gasteiger partial charge in [-0.15, -0.1) is 0 Å². The predicted octanol–water partition coefficient (Wildman–Crippen LogP) is 3.52. The van der Waals surface area contributed by atoms with Crippen LogP contribution in [0.2, 0.25) is 0 Å². The quantitative estimate of drug-likeness (QED) is 0.774. The van der Waals surface area contributed by atoms with Crippen molar-refractivity contribution in [2.45, 2.75) is 32.6 Å². The zero-order valence-electron chi connectivity index (χ0n) is 11.0. The Hall–Kier alpha value is -0.800. The van der Waals surface area contributed by atoms with Crippen LogP contribution < -0.4 is 0 Å². The van der Waals surface area contributed by atoms with E-state index >= 15 is 0 Å². The Kier molecular flexibility index (Phi) is 5.26. The summed E-state index contributed by atoms with van der Waals surface area (Å²) < 4.78 is 0. The lowest BCUT2D eigenvalue weighted by Gasteiger charge is -2.26. The molecule has 1 aliphatic heterocycles. The Balaban J connectivity index is 1.80. The summed E-state index contributed by atoms with van der Waals surface area (Å²) in [7, 11) is 0. The number of rotatable bonds is 4. The van der Waals surface area contributed by atoms with Gasteiger partial charge in [-0.25, -0.2) is 0 Å². The van der Waals surface area contributed by atoms with Crippen molar-refractivity contribution >= 4 is 16.9 Å². The molecule has 2 aliphatic rings. The Labute approximate surface area is 114 Å². The average molecular weight is 263 g/mol. The molecule has 1 aliphatic carbocycles. The second kappa shape index (κ2) is 6.95. The molecule has 0 radical (unpaired) electrons. The molecule has 18 heavy (non-hydrogen) atoms. The van der Waals surface area contributed by atoms with Crippen LogP contribution in [-0.4, -0.2) is 29.6 Å². The average Bonchev–Trinajstić information content (AvgIpc) is 2.42.